The van der Waals surface area contributed by atoms with E-state index in [-0.39, 0.29) is 11.6 Å². The van der Waals surface area contributed by atoms with Gasteiger partial charge < -0.3 is 20.2 Å². The lowest BCUT2D eigenvalue weighted by Crippen LogP contribution is -2.28. The summed E-state index contributed by atoms with van der Waals surface area (Å²) in [5.74, 6) is 0. The number of aryl methyl sites for hydroxylation is 3. The molecule has 0 saturated carbocycles. The van der Waals surface area contributed by atoms with Gasteiger partial charge >= 0.3 is 6.03 Å². The summed E-state index contributed by atoms with van der Waals surface area (Å²) in [6.45, 7) is 6.09. The van der Waals surface area contributed by atoms with Crippen LogP contribution in [0.4, 0.5) is 10.5 Å². The van der Waals surface area contributed by atoms with Gasteiger partial charge in [-0.1, -0.05) is 17.7 Å². The van der Waals surface area contributed by atoms with Gasteiger partial charge in [0.15, 0.2) is 0 Å². The largest absolute Gasteiger partial charge is 0.334 e. The number of hydrogen-bond acceptors (Lipinski definition) is 3. The Balaban J connectivity index is 1.48. The van der Waals surface area contributed by atoms with Crippen LogP contribution in [0, 0.1) is 20.8 Å². The third kappa shape index (κ3) is 4.10. The Morgan fingerprint density at radius 2 is 1.87 bits per heavy atom. The third-order valence-corrected chi connectivity index (χ3v) is 4.97. The molecule has 0 unspecified atom stereocenters. The van der Waals surface area contributed by atoms with E-state index in [1.165, 1.54) is 0 Å². The number of nitrogens with one attached hydrogen (secondary N) is 3. The van der Waals surface area contributed by atoms with Crippen molar-refractivity contribution in [1.29, 1.82) is 0 Å². The van der Waals surface area contributed by atoms with Gasteiger partial charge in [-0.15, -0.1) is 0 Å². The van der Waals surface area contributed by atoms with Crippen molar-refractivity contribution in [3.63, 3.8) is 0 Å². The molecule has 2 aromatic heterocycles. The standard InChI is InChI=1S/C23H23N5O2/c1-14-4-6-18(7-5-14)26-23(30)24-12-17-8-9-28(13-17)21-11-20-19(10-15(21)2)27-22(29)16(3)25-20/h4-11,13H,12H2,1-3H3,(H,27,29)(H2,24,26,30). The first kappa shape index (κ1) is 19.4. The number of carbonyl (C=O) groups excluding carboxylic acids is 1. The molecule has 2 amide bonds. The number of amides is 2. The van der Waals surface area contributed by atoms with Crippen LogP contribution in [0.15, 0.2) is 59.7 Å². The molecule has 7 nitrogen and oxygen atoms in total. The van der Waals surface area contributed by atoms with Crippen LogP contribution in [0.1, 0.15) is 22.4 Å². The monoisotopic (exact) mass is 401 g/mol. The fourth-order valence-corrected chi connectivity index (χ4v) is 3.29. The maximum Gasteiger partial charge on any atom is 0.319 e. The number of fused-ring (bicyclic) bond motifs is 1. The van der Waals surface area contributed by atoms with E-state index in [1.54, 1.807) is 6.92 Å². The SMILES string of the molecule is Cc1ccc(NC(=O)NCc2ccn(-c3cc4nc(C)c(=O)[nH]c4cc3C)c2)cc1. The maximum absolute atomic E-state index is 12.1. The molecule has 0 atom stereocenters. The lowest BCUT2D eigenvalue weighted by atomic mass is 10.1. The predicted octanol–water partition coefficient (Wildman–Crippen LogP) is 3.96. The summed E-state index contributed by atoms with van der Waals surface area (Å²) < 4.78 is 1.99. The second-order valence-corrected chi connectivity index (χ2v) is 7.41. The van der Waals surface area contributed by atoms with Crippen LogP contribution in [0.3, 0.4) is 0 Å². The van der Waals surface area contributed by atoms with Gasteiger partial charge in [-0.2, -0.15) is 0 Å². The van der Waals surface area contributed by atoms with E-state index in [0.29, 0.717) is 17.8 Å². The van der Waals surface area contributed by atoms with Crippen molar-refractivity contribution < 1.29 is 4.79 Å². The Bertz CT molecular complexity index is 1290. The van der Waals surface area contributed by atoms with Crippen LogP contribution in [-0.2, 0) is 6.54 Å². The summed E-state index contributed by atoms with van der Waals surface area (Å²) in [5, 5.41) is 5.69. The van der Waals surface area contributed by atoms with Gasteiger partial charge in [-0.25, -0.2) is 9.78 Å². The molecule has 2 heterocycles. The first-order chi connectivity index (χ1) is 14.4. The molecule has 0 aliphatic heterocycles. The van der Waals surface area contributed by atoms with Crippen LogP contribution in [-0.4, -0.2) is 20.6 Å². The fourth-order valence-electron chi connectivity index (χ4n) is 3.29. The first-order valence-electron chi connectivity index (χ1n) is 9.69. The van der Waals surface area contributed by atoms with Crippen molar-refractivity contribution >= 4 is 22.8 Å². The number of benzene rings is 2. The van der Waals surface area contributed by atoms with Crippen LogP contribution >= 0.6 is 0 Å². The zero-order chi connectivity index (χ0) is 21.3. The maximum atomic E-state index is 12.1. The van der Waals surface area contributed by atoms with Crippen molar-refractivity contribution in [2.75, 3.05) is 5.32 Å². The quantitative estimate of drug-likeness (QED) is 0.483. The normalized spacial score (nSPS) is 10.9. The van der Waals surface area contributed by atoms with E-state index < -0.39 is 0 Å². The zero-order valence-electron chi connectivity index (χ0n) is 17.1. The second-order valence-electron chi connectivity index (χ2n) is 7.41. The van der Waals surface area contributed by atoms with Crippen LogP contribution < -0.4 is 16.2 Å². The fraction of sp³-hybridized carbons (Fsp3) is 0.174. The number of anilines is 1. The molecule has 2 aromatic carbocycles. The van der Waals surface area contributed by atoms with Crippen LogP contribution in [0.5, 0.6) is 0 Å². The molecule has 0 spiro atoms. The van der Waals surface area contributed by atoms with E-state index in [9.17, 15) is 9.59 Å². The molecule has 152 valence electrons. The zero-order valence-corrected chi connectivity index (χ0v) is 17.1. The molecule has 0 bridgehead atoms. The first-order valence-corrected chi connectivity index (χ1v) is 9.69. The van der Waals surface area contributed by atoms with E-state index in [2.05, 4.69) is 20.6 Å². The molecule has 0 aliphatic carbocycles. The summed E-state index contributed by atoms with van der Waals surface area (Å²) in [7, 11) is 0. The molecule has 3 N–H and O–H groups in total. The Morgan fingerprint density at radius 3 is 2.63 bits per heavy atom. The molecule has 4 aromatic rings. The number of aromatic nitrogens is 3. The van der Waals surface area contributed by atoms with E-state index >= 15 is 0 Å². The third-order valence-electron chi connectivity index (χ3n) is 4.97. The highest BCUT2D eigenvalue weighted by Gasteiger charge is 2.09. The van der Waals surface area contributed by atoms with Gasteiger partial charge in [0.2, 0.25) is 0 Å². The molecular weight excluding hydrogens is 378 g/mol. The number of H-pyrrole nitrogens is 1. The smallest absolute Gasteiger partial charge is 0.319 e. The molecular formula is C23H23N5O2. The summed E-state index contributed by atoms with van der Waals surface area (Å²) in [4.78, 5) is 31.2. The van der Waals surface area contributed by atoms with Gasteiger partial charge in [-0.3, -0.25) is 4.79 Å². The van der Waals surface area contributed by atoms with E-state index in [4.69, 9.17) is 0 Å². The summed E-state index contributed by atoms with van der Waals surface area (Å²) in [6, 6.07) is 13.2. The van der Waals surface area contributed by atoms with Crippen molar-refractivity contribution in [3.05, 3.63) is 87.6 Å². The number of hydrogen-bond donors (Lipinski definition) is 3. The highest BCUT2D eigenvalue weighted by atomic mass is 16.2. The minimum absolute atomic E-state index is 0.173. The molecule has 4 rings (SSSR count). The Labute approximate surface area is 173 Å². The second kappa shape index (κ2) is 7.87. The summed E-state index contributed by atoms with van der Waals surface area (Å²) in [6.07, 6.45) is 3.92. The average molecular weight is 401 g/mol. The highest BCUT2D eigenvalue weighted by molar-refractivity contribution is 5.89. The van der Waals surface area contributed by atoms with E-state index in [0.717, 1.165) is 33.6 Å². The van der Waals surface area contributed by atoms with Gasteiger partial charge in [0.25, 0.3) is 5.56 Å². The number of rotatable bonds is 4. The lowest BCUT2D eigenvalue weighted by Gasteiger charge is -2.10. The summed E-state index contributed by atoms with van der Waals surface area (Å²) in [5.41, 5.74) is 6.56. The molecule has 0 radical (unpaired) electrons. The summed E-state index contributed by atoms with van der Waals surface area (Å²) >= 11 is 0. The van der Waals surface area contributed by atoms with E-state index in [1.807, 2.05) is 73.3 Å². The Morgan fingerprint density at radius 1 is 1.10 bits per heavy atom. The van der Waals surface area contributed by atoms with Crippen LogP contribution in [0.25, 0.3) is 16.7 Å². The van der Waals surface area contributed by atoms with Gasteiger partial charge in [-0.05, 0) is 62.2 Å². The van der Waals surface area contributed by atoms with Gasteiger partial charge in [0.1, 0.15) is 5.69 Å². The number of aromatic amines is 1. The van der Waals surface area contributed by atoms with Gasteiger partial charge in [0.05, 0.1) is 16.7 Å². The predicted molar refractivity (Wildman–Crippen MR) is 118 cm³/mol. The minimum atomic E-state index is -0.253. The molecule has 0 fully saturated rings. The molecule has 0 saturated heterocycles. The number of carbonyl (C=O) groups is 1. The average Bonchev–Trinajstić information content (AvgIpc) is 3.18. The van der Waals surface area contributed by atoms with Crippen molar-refractivity contribution in [2.24, 2.45) is 0 Å². The molecule has 7 heteroatoms. The molecule has 30 heavy (non-hydrogen) atoms. The Hall–Kier alpha value is -3.87. The van der Waals surface area contributed by atoms with Gasteiger partial charge in [0, 0.05) is 24.6 Å². The molecule has 0 aliphatic rings. The highest BCUT2D eigenvalue weighted by Crippen LogP contribution is 2.21. The lowest BCUT2D eigenvalue weighted by molar-refractivity contribution is 0.251. The number of nitrogens with zero attached hydrogens (tertiary/aromatic N) is 2. The number of urea groups is 1. The van der Waals surface area contributed by atoms with Crippen molar-refractivity contribution in [1.82, 2.24) is 19.9 Å². The minimum Gasteiger partial charge on any atom is -0.334 e. The van der Waals surface area contributed by atoms with Crippen LogP contribution in [0.2, 0.25) is 0 Å². The topological polar surface area (TPSA) is 91.8 Å². The Kier molecular flexibility index (Phi) is 5.10. The van der Waals surface area contributed by atoms with Crippen molar-refractivity contribution in [3.8, 4) is 5.69 Å². The van der Waals surface area contributed by atoms with Crippen molar-refractivity contribution in [2.45, 2.75) is 27.3 Å².